The largest absolute Gasteiger partial charge is 0.371 e. The average molecular weight is 267 g/mol. The number of anilines is 1. The first-order valence-corrected chi connectivity index (χ1v) is 6.48. The SMILES string of the molecule is CCC1C(O)N(c2cc(C(C)(C)C)on2)C(=O)N1C. The molecule has 106 valence electrons. The lowest BCUT2D eigenvalue weighted by Crippen LogP contribution is -2.36. The molecule has 1 N–H and O–H groups in total. The summed E-state index contributed by atoms with van der Waals surface area (Å²) in [7, 11) is 1.68. The van der Waals surface area contributed by atoms with Gasteiger partial charge in [0, 0.05) is 18.5 Å². The highest BCUT2D eigenvalue weighted by atomic mass is 16.5. The molecule has 2 rings (SSSR count). The smallest absolute Gasteiger partial charge is 0.328 e. The maximum absolute atomic E-state index is 12.2. The number of hydrogen-bond acceptors (Lipinski definition) is 4. The molecule has 1 fully saturated rings. The lowest BCUT2D eigenvalue weighted by molar-refractivity contribution is 0.125. The van der Waals surface area contributed by atoms with Gasteiger partial charge in [-0.3, -0.25) is 0 Å². The fourth-order valence-electron chi connectivity index (χ4n) is 2.25. The Hall–Kier alpha value is -1.56. The normalized spacial score (nSPS) is 24.4. The number of urea groups is 1. The fourth-order valence-corrected chi connectivity index (χ4v) is 2.25. The average Bonchev–Trinajstić information content (AvgIpc) is 2.85. The predicted molar refractivity (Wildman–Crippen MR) is 70.9 cm³/mol. The number of aromatic nitrogens is 1. The van der Waals surface area contributed by atoms with Gasteiger partial charge < -0.3 is 14.5 Å². The molecule has 1 aliphatic rings. The highest BCUT2D eigenvalue weighted by Crippen LogP contribution is 2.31. The minimum atomic E-state index is -0.889. The topological polar surface area (TPSA) is 69.8 Å². The number of likely N-dealkylation sites (N-methyl/N-ethyl adjacent to an activating group) is 1. The Bertz CT molecular complexity index is 478. The second kappa shape index (κ2) is 4.52. The van der Waals surface area contributed by atoms with Crippen LogP contribution in [0.25, 0.3) is 0 Å². The van der Waals surface area contributed by atoms with Gasteiger partial charge in [-0.05, 0) is 6.42 Å². The molecule has 0 aromatic carbocycles. The predicted octanol–water partition coefficient (Wildman–Crippen LogP) is 1.94. The van der Waals surface area contributed by atoms with Crippen LogP contribution >= 0.6 is 0 Å². The van der Waals surface area contributed by atoms with Crippen molar-refractivity contribution < 1.29 is 14.4 Å². The molecule has 2 atom stereocenters. The lowest BCUT2D eigenvalue weighted by atomic mass is 9.93. The van der Waals surface area contributed by atoms with Gasteiger partial charge in [0.25, 0.3) is 0 Å². The Morgan fingerprint density at radius 3 is 2.53 bits per heavy atom. The van der Waals surface area contributed by atoms with Gasteiger partial charge in [-0.1, -0.05) is 32.9 Å². The summed E-state index contributed by atoms with van der Waals surface area (Å²) in [6.07, 6.45) is -0.204. The standard InChI is InChI=1S/C13H21N3O3/c1-6-8-11(17)16(12(18)15(8)5)10-7-9(19-14-10)13(2,3)4/h7-8,11,17H,6H2,1-5H3. The molecule has 2 amide bonds. The van der Waals surface area contributed by atoms with Crippen molar-refractivity contribution in [1.29, 1.82) is 0 Å². The van der Waals surface area contributed by atoms with Crippen LogP contribution < -0.4 is 4.90 Å². The molecule has 6 heteroatoms. The molecule has 0 aliphatic carbocycles. The first-order chi connectivity index (χ1) is 8.77. The molecule has 1 aromatic heterocycles. The third-order valence-corrected chi connectivity index (χ3v) is 3.52. The molecule has 1 aromatic rings. The molecule has 2 heterocycles. The highest BCUT2D eigenvalue weighted by molar-refractivity contribution is 5.94. The summed E-state index contributed by atoms with van der Waals surface area (Å²) in [5, 5.41) is 14.1. The van der Waals surface area contributed by atoms with E-state index in [0.717, 1.165) is 0 Å². The van der Waals surface area contributed by atoms with E-state index in [-0.39, 0.29) is 17.5 Å². The Kier molecular flexibility index (Phi) is 3.30. The van der Waals surface area contributed by atoms with Gasteiger partial charge in [-0.2, -0.15) is 0 Å². The van der Waals surface area contributed by atoms with Gasteiger partial charge in [0.1, 0.15) is 5.76 Å². The Labute approximate surface area is 113 Å². The number of aliphatic hydroxyl groups excluding tert-OH is 1. The molecule has 2 unspecified atom stereocenters. The summed E-state index contributed by atoms with van der Waals surface area (Å²) in [4.78, 5) is 15.0. The number of nitrogens with zero attached hydrogens (tertiary/aromatic N) is 3. The lowest BCUT2D eigenvalue weighted by Gasteiger charge is -2.19. The first kappa shape index (κ1) is 13.9. The van der Waals surface area contributed by atoms with E-state index in [0.29, 0.717) is 18.0 Å². The van der Waals surface area contributed by atoms with E-state index in [1.165, 1.54) is 9.80 Å². The van der Waals surface area contributed by atoms with Crippen LogP contribution in [0.15, 0.2) is 10.6 Å². The maximum Gasteiger partial charge on any atom is 0.328 e. The molecule has 0 spiro atoms. The van der Waals surface area contributed by atoms with Crippen molar-refractivity contribution in [1.82, 2.24) is 10.1 Å². The van der Waals surface area contributed by atoms with Gasteiger partial charge in [-0.25, -0.2) is 9.69 Å². The third kappa shape index (κ3) is 2.20. The minimum absolute atomic E-state index is 0.185. The molecule has 0 bridgehead atoms. The zero-order chi connectivity index (χ0) is 14.4. The number of carbonyl (C=O) groups is 1. The van der Waals surface area contributed by atoms with Crippen LogP contribution in [-0.2, 0) is 5.41 Å². The summed E-state index contributed by atoms with van der Waals surface area (Å²) < 4.78 is 5.27. The molecule has 6 nitrogen and oxygen atoms in total. The van der Waals surface area contributed by atoms with Crippen LogP contribution in [0.4, 0.5) is 10.6 Å². The number of hydrogen-bond donors (Lipinski definition) is 1. The van der Waals surface area contributed by atoms with E-state index in [1.54, 1.807) is 13.1 Å². The molecular weight excluding hydrogens is 246 g/mol. The molecule has 0 saturated carbocycles. The number of aliphatic hydroxyl groups is 1. The van der Waals surface area contributed by atoms with Crippen LogP contribution in [0.2, 0.25) is 0 Å². The highest BCUT2D eigenvalue weighted by Gasteiger charge is 2.44. The summed E-state index contributed by atoms with van der Waals surface area (Å²) in [6.45, 7) is 7.94. The third-order valence-electron chi connectivity index (χ3n) is 3.52. The quantitative estimate of drug-likeness (QED) is 0.889. The number of rotatable bonds is 2. The number of amides is 2. The summed E-state index contributed by atoms with van der Waals surface area (Å²) in [5.74, 6) is 1.05. The van der Waals surface area contributed by atoms with Crippen molar-refractivity contribution in [3.05, 3.63) is 11.8 Å². The maximum atomic E-state index is 12.2. The molecule has 0 radical (unpaired) electrons. The Balaban J connectivity index is 2.32. The van der Waals surface area contributed by atoms with E-state index in [4.69, 9.17) is 4.52 Å². The van der Waals surface area contributed by atoms with Gasteiger partial charge in [0.05, 0.1) is 6.04 Å². The summed E-state index contributed by atoms with van der Waals surface area (Å²) in [6, 6.07) is 1.24. The monoisotopic (exact) mass is 267 g/mol. The first-order valence-electron chi connectivity index (χ1n) is 6.48. The number of carbonyl (C=O) groups excluding carboxylic acids is 1. The van der Waals surface area contributed by atoms with Gasteiger partial charge >= 0.3 is 6.03 Å². The molecule has 1 aliphatic heterocycles. The molecule has 1 saturated heterocycles. The van der Waals surface area contributed by atoms with E-state index >= 15 is 0 Å². The van der Waals surface area contributed by atoms with Crippen molar-refractivity contribution in [2.24, 2.45) is 0 Å². The van der Waals surface area contributed by atoms with Crippen molar-refractivity contribution >= 4 is 11.8 Å². The fraction of sp³-hybridized carbons (Fsp3) is 0.692. The van der Waals surface area contributed by atoms with Gasteiger partial charge in [0.15, 0.2) is 12.0 Å². The summed E-state index contributed by atoms with van der Waals surface area (Å²) >= 11 is 0. The minimum Gasteiger partial charge on any atom is -0.371 e. The van der Waals surface area contributed by atoms with Crippen molar-refractivity contribution in [2.75, 3.05) is 11.9 Å². The zero-order valence-corrected chi connectivity index (χ0v) is 12.0. The van der Waals surface area contributed by atoms with Crippen molar-refractivity contribution in [3.63, 3.8) is 0 Å². The van der Waals surface area contributed by atoms with E-state index in [9.17, 15) is 9.90 Å². The Morgan fingerprint density at radius 1 is 1.47 bits per heavy atom. The van der Waals surface area contributed by atoms with Gasteiger partial charge in [0.2, 0.25) is 0 Å². The van der Waals surface area contributed by atoms with Crippen LogP contribution in [0.5, 0.6) is 0 Å². The molecule has 19 heavy (non-hydrogen) atoms. The van der Waals surface area contributed by atoms with Crippen LogP contribution in [0.3, 0.4) is 0 Å². The van der Waals surface area contributed by atoms with Crippen molar-refractivity contribution in [3.8, 4) is 0 Å². The zero-order valence-electron chi connectivity index (χ0n) is 12.0. The van der Waals surface area contributed by atoms with Crippen molar-refractivity contribution in [2.45, 2.75) is 51.8 Å². The summed E-state index contributed by atoms with van der Waals surface area (Å²) in [5.41, 5.74) is -0.185. The second-order valence-electron chi connectivity index (χ2n) is 5.95. The van der Waals surface area contributed by atoms with E-state index in [2.05, 4.69) is 5.16 Å². The van der Waals surface area contributed by atoms with E-state index in [1.807, 2.05) is 27.7 Å². The van der Waals surface area contributed by atoms with E-state index < -0.39 is 6.23 Å². The van der Waals surface area contributed by atoms with Crippen LogP contribution in [-0.4, -0.2) is 40.5 Å². The second-order valence-corrected chi connectivity index (χ2v) is 5.95. The van der Waals surface area contributed by atoms with Gasteiger partial charge in [-0.15, -0.1) is 0 Å². The van der Waals surface area contributed by atoms with Crippen LogP contribution in [0, 0.1) is 0 Å². The Morgan fingerprint density at radius 2 is 2.11 bits per heavy atom. The van der Waals surface area contributed by atoms with Crippen LogP contribution in [0.1, 0.15) is 39.9 Å². The molecular formula is C13H21N3O3.